The number of piperazine rings is 1. The standard InChI is InChI=1S/C30H37N5O2S2/c1-5-7-11-22(6-2)20-35-29(37)26(39-30(35)38)18-24-21(3)25(19-31)28(36)32(4)27(24)34-16-14-33(15-17-34)23-12-9-8-10-13-23/h8-10,12-13,18,22H,5-7,11,14-17,20H2,1-4H3/b26-18-. The zero-order chi connectivity index (χ0) is 28.1. The summed E-state index contributed by atoms with van der Waals surface area (Å²) in [6.45, 7) is 9.80. The van der Waals surface area contributed by atoms with Gasteiger partial charge in [0.1, 0.15) is 21.8 Å². The van der Waals surface area contributed by atoms with Gasteiger partial charge in [-0.2, -0.15) is 5.26 Å². The van der Waals surface area contributed by atoms with Gasteiger partial charge in [0, 0.05) is 51.0 Å². The molecule has 1 atom stereocenters. The lowest BCUT2D eigenvalue weighted by Gasteiger charge is -2.38. The Bertz CT molecular complexity index is 1350. The van der Waals surface area contributed by atoms with E-state index in [9.17, 15) is 14.9 Å². The molecule has 4 rings (SSSR count). The van der Waals surface area contributed by atoms with Gasteiger partial charge in [0.2, 0.25) is 0 Å². The van der Waals surface area contributed by atoms with E-state index in [2.05, 4.69) is 41.8 Å². The molecule has 2 aromatic rings. The number of hydrogen-bond donors (Lipinski definition) is 0. The van der Waals surface area contributed by atoms with Gasteiger partial charge in [-0.25, -0.2) is 0 Å². The number of benzene rings is 1. The van der Waals surface area contributed by atoms with E-state index < -0.39 is 0 Å². The minimum atomic E-state index is -0.318. The van der Waals surface area contributed by atoms with E-state index in [-0.39, 0.29) is 17.0 Å². The van der Waals surface area contributed by atoms with Gasteiger partial charge >= 0.3 is 0 Å². The fraction of sp³-hybridized carbons (Fsp3) is 0.467. The van der Waals surface area contributed by atoms with E-state index in [0.717, 1.165) is 50.2 Å². The Hall–Kier alpha value is -3.09. The molecule has 9 heteroatoms. The summed E-state index contributed by atoms with van der Waals surface area (Å²) in [5.41, 5.74) is 2.30. The molecule has 1 unspecified atom stereocenters. The lowest BCUT2D eigenvalue weighted by molar-refractivity contribution is -0.122. The molecule has 206 valence electrons. The number of hydrogen-bond acceptors (Lipinski definition) is 7. The second-order valence-electron chi connectivity index (χ2n) is 10.2. The Morgan fingerprint density at radius 3 is 2.38 bits per heavy atom. The van der Waals surface area contributed by atoms with Crippen LogP contribution in [0, 0.1) is 24.2 Å². The van der Waals surface area contributed by atoms with Crippen LogP contribution in [-0.2, 0) is 11.8 Å². The third kappa shape index (κ3) is 6.07. The molecule has 0 bridgehead atoms. The summed E-state index contributed by atoms with van der Waals surface area (Å²) in [5.74, 6) is 1.06. The van der Waals surface area contributed by atoms with Crippen molar-refractivity contribution in [3.05, 3.63) is 62.3 Å². The van der Waals surface area contributed by atoms with E-state index in [1.165, 1.54) is 17.4 Å². The van der Waals surface area contributed by atoms with Crippen LogP contribution in [0.1, 0.15) is 56.2 Å². The van der Waals surface area contributed by atoms with Crippen LogP contribution in [0.5, 0.6) is 0 Å². The van der Waals surface area contributed by atoms with E-state index >= 15 is 0 Å². The number of nitriles is 1. The van der Waals surface area contributed by atoms with Crippen molar-refractivity contribution in [3.63, 3.8) is 0 Å². The molecule has 0 saturated carbocycles. The molecule has 1 amide bonds. The molecule has 1 aromatic heterocycles. The maximum atomic E-state index is 13.5. The van der Waals surface area contributed by atoms with Crippen molar-refractivity contribution in [1.82, 2.24) is 9.47 Å². The molecule has 3 heterocycles. The summed E-state index contributed by atoms with van der Waals surface area (Å²) in [4.78, 5) is 33.5. The molecule has 7 nitrogen and oxygen atoms in total. The molecule has 2 aliphatic rings. The van der Waals surface area contributed by atoms with Crippen LogP contribution in [0.25, 0.3) is 6.08 Å². The Balaban J connectivity index is 1.67. The molecule has 2 saturated heterocycles. The van der Waals surface area contributed by atoms with Crippen molar-refractivity contribution < 1.29 is 4.79 Å². The first-order valence-corrected chi connectivity index (χ1v) is 15.0. The van der Waals surface area contributed by atoms with Gasteiger partial charge in [0.15, 0.2) is 0 Å². The summed E-state index contributed by atoms with van der Waals surface area (Å²) in [5, 5.41) is 9.80. The Kier molecular flexibility index (Phi) is 9.52. The fourth-order valence-electron chi connectivity index (χ4n) is 5.37. The predicted molar refractivity (Wildman–Crippen MR) is 165 cm³/mol. The van der Waals surface area contributed by atoms with E-state index in [0.29, 0.717) is 40.3 Å². The zero-order valence-electron chi connectivity index (χ0n) is 23.3. The van der Waals surface area contributed by atoms with Crippen molar-refractivity contribution in [3.8, 4) is 6.07 Å². The highest BCUT2D eigenvalue weighted by molar-refractivity contribution is 8.26. The van der Waals surface area contributed by atoms with Crippen LogP contribution in [0.2, 0.25) is 0 Å². The van der Waals surface area contributed by atoms with Gasteiger partial charge in [0.05, 0.1) is 4.91 Å². The number of carbonyl (C=O) groups is 1. The maximum Gasteiger partial charge on any atom is 0.270 e. The number of thiocarbonyl (C=S) groups is 1. The van der Waals surface area contributed by atoms with Crippen LogP contribution >= 0.6 is 24.0 Å². The monoisotopic (exact) mass is 563 g/mol. The number of carbonyl (C=O) groups excluding carboxylic acids is 1. The quantitative estimate of drug-likeness (QED) is 0.302. The first-order chi connectivity index (χ1) is 18.8. The molecule has 2 aliphatic heterocycles. The number of aromatic nitrogens is 1. The predicted octanol–water partition coefficient (Wildman–Crippen LogP) is 5.31. The van der Waals surface area contributed by atoms with E-state index in [1.807, 2.05) is 24.3 Å². The number of anilines is 2. The van der Waals surface area contributed by atoms with Crippen molar-refractivity contribution >= 4 is 51.8 Å². The Morgan fingerprint density at radius 2 is 1.77 bits per heavy atom. The minimum Gasteiger partial charge on any atom is -0.368 e. The van der Waals surface area contributed by atoms with Crippen LogP contribution < -0.4 is 15.4 Å². The first-order valence-electron chi connectivity index (χ1n) is 13.7. The number of amides is 1. The summed E-state index contributed by atoms with van der Waals surface area (Å²) in [6.07, 6.45) is 6.19. The maximum absolute atomic E-state index is 13.5. The van der Waals surface area contributed by atoms with Crippen LogP contribution in [0.15, 0.2) is 40.0 Å². The van der Waals surface area contributed by atoms with Crippen molar-refractivity contribution in [1.29, 1.82) is 5.26 Å². The topological polar surface area (TPSA) is 72.6 Å². The number of rotatable bonds is 9. The summed E-state index contributed by atoms with van der Waals surface area (Å²) < 4.78 is 2.14. The largest absolute Gasteiger partial charge is 0.368 e. The summed E-state index contributed by atoms with van der Waals surface area (Å²) >= 11 is 6.95. The second-order valence-corrected chi connectivity index (χ2v) is 11.9. The third-order valence-electron chi connectivity index (χ3n) is 7.80. The van der Waals surface area contributed by atoms with E-state index in [4.69, 9.17) is 12.2 Å². The SMILES string of the molecule is CCCCC(CC)CN1C(=O)/C(=C/c2c(C)c(C#N)c(=O)n(C)c2N2CCN(c3ccccc3)CC2)SC1=S. The van der Waals surface area contributed by atoms with Crippen LogP contribution in [-0.4, -0.2) is 52.4 Å². The molecule has 0 spiro atoms. The highest BCUT2D eigenvalue weighted by atomic mass is 32.2. The van der Waals surface area contributed by atoms with Crippen LogP contribution in [0.3, 0.4) is 0 Å². The molecule has 1 aromatic carbocycles. The van der Waals surface area contributed by atoms with Crippen molar-refractivity contribution in [2.45, 2.75) is 46.5 Å². The van der Waals surface area contributed by atoms with Gasteiger partial charge in [-0.1, -0.05) is 75.3 Å². The average Bonchev–Trinajstić information content (AvgIpc) is 3.22. The lowest BCUT2D eigenvalue weighted by atomic mass is 9.99. The average molecular weight is 564 g/mol. The van der Waals surface area contributed by atoms with Gasteiger partial charge in [-0.15, -0.1) is 0 Å². The minimum absolute atomic E-state index is 0.0912. The number of thioether (sulfide) groups is 1. The summed E-state index contributed by atoms with van der Waals surface area (Å²) in [7, 11) is 1.71. The van der Waals surface area contributed by atoms with Gasteiger partial charge in [-0.05, 0) is 43.0 Å². The smallest absolute Gasteiger partial charge is 0.270 e. The highest BCUT2D eigenvalue weighted by Gasteiger charge is 2.34. The van der Waals surface area contributed by atoms with Crippen LogP contribution in [0.4, 0.5) is 11.5 Å². The number of para-hydroxylation sites is 1. The summed E-state index contributed by atoms with van der Waals surface area (Å²) in [6, 6.07) is 12.4. The zero-order valence-corrected chi connectivity index (χ0v) is 24.9. The number of unbranched alkanes of at least 4 members (excludes halogenated alkanes) is 1. The number of nitrogens with zero attached hydrogens (tertiary/aromatic N) is 5. The molecular formula is C30H37N5O2S2. The molecule has 39 heavy (non-hydrogen) atoms. The van der Waals surface area contributed by atoms with Crippen molar-refractivity contribution in [2.75, 3.05) is 42.5 Å². The third-order valence-corrected chi connectivity index (χ3v) is 9.18. The molecular weight excluding hydrogens is 526 g/mol. The van der Waals surface area contributed by atoms with Crippen molar-refractivity contribution in [2.24, 2.45) is 13.0 Å². The molecule has 0 radical (unpaired) electrons. The normalized spacial score (nSPS) is 17.7. The van der Waals surface area contributed by atoms with Gasteiger partial charge < -0.3 is 9.80 Å². The fourth-order valence-corrected chi connectivity index (χ4v) is 6.63. The number of pyridine rings is 1. The second kappa shape index (κ2) is 12.8. The molecule has 2 fully saturated rings. The molecule has 0 N–H and O–H groups in total. The first kappa shape index (κ1) is 28.9. The Labute approximate surface area is 241 Å². The van der Waals surface area contributed by atoms with Gasteiger partial charge in [-0.3, -0.25) is 19.1 Å². The highest BCUT2D eigenvalue weighted by Crippen LogP contribution is 2.37. The van der Waals surface area contributed by atoms with Gasteiger partial charge in [0.25, 0.3) is 11.5 Å². The van der Waals surface area contributed by atoms with E-state index in [1.54, 1.807) is 23.4 Å². The Morgan fingerprint density at radius 1 is 1.10 bits per heavy atom. The lowest BCUT2D eigenvalue weighted by Crippen LogP contribution is -2.48. The molecule has 0 aliphatic carbocycles.